The number of amides is 1. The molecule has 2 aromatic rings. The lowest BCUT2D eigenvalue weighted by atomic mass is 9.77. The van der Waals surface area contributed by atoms with Crippen molar-refractivity contribution in [3.63, 3.8) is 0 Å². The molecular formula is C20H28N6O2. The normalized spacial score (nSPS) is 26.5. The molecule has 2 aromatic heterocycles. The molecule has 2 saturated heterocycles. The van der Waals surface area contributed by atoms with Crippen LogP contribution in [0.15, 0.2) is 10.9 Å². The molecule has 4 heterocycles. The Hall–Kier alpha value is -2.22. The lowest BCUT2D eigenvalue weighted by Crippen LogP contribution is -2.51. The summed E-state index contributed by atoms with van der Waals surface area (Å²) in [6, 6.07) is 1.57. The van der Waals surface area contributed by atoms with E-state index >= 15 is 0 Å². The van der Waals surface area contributed by atoms with Gasteiger partial charge in [0.25, 0.3) is 11.3 Å². The van der Waals surface area contributed by atoms with Crippen molar-refractivity contribution in [3.05, 3.63) is 27.9 Å². The van der Waals surface area contributed by atoms with E-state index in [0.29, 0.717) is 24.1 Å². The molecule has 1 spiro atoms. The highest BCUT2D eigenvalue weighted by Gasteiger charge is 2.48. The summed E-state index contributed by atoms with van der Waals surface area (Å²) in [4.78, 5) is 38.8. The average molecular weight is 384 g/mol. The van der Waals surface area contributed by atoms with Crippen LogP contribution in [-0.2, 0) is 11.3 Å². The van der Waals surface area contributed by atoms with Crippen molar-refractivity contribution in [1.82, 2.24) is 29.4 Å². The van der Waals surface area contributed by atoms with Gasteiger partial charge in [-0.25, -0.2) is 4.98 Å². The van der Waals surface area contributed by atoms with Crippen LogP contribution in [0.25, 0.3) is 5.78 Å². The van der Waals surface area contributed by atoms with Crippen LogP contribution < -0.4 is 5.56 Å². The number of carbonyl (C=O) groups is 1. The molecule has 0 bridgehead atoms. The van der Waals surface area contributed by atoms with Crippen LogP contribution in [0.2, 0.25) is 0 Å². The molecule has 150 valence electrons. The van der Waals surface area contributed by atoms with Crippen molar-refractivity contribution in [3.8, 4) is 0 Å². The Labute approximate surface area is 163 Å². The maximum atomic E-state index is 13.3. The van der Waals surface area contributed by atoms with Gasteiger partial charge >= 0.3 is 0 Å². The largest absolute Gasteiger partial charge is 0.342 e. The first-order chi connectivity index (χ1) is 13.5. The van der Waals surface area contributed by atoms with Gasteiger partial charge in [-0.3, -0.25) is 19.6 Å². The Kier molecular flexibility index (Phi) is 4.26. The summed E-state index contributed by atoms with van der Waals surface area (Å²) >= 11 is 0. The van der Waals surface area contributed by atoms with Crippen molar-refractivity contribution >= 4 is 11.7 Å². The SMILES string of the molecule is Cc1nc2nc(CN3CC[C@]4(CCCN(CC5CCC5)C4=O)C3)cc(=O)n2[nH]1. The number of piperidine rings is 1. The number of nitrogens with zero attached hydrogens (tertiary/aromatic N) is 5. The maximum absolute atomic E-state index is 13.3. The Balaban J connectivity index is 1.30. The molecule has 8 nitrogen and oxygen atoms in total. The standard InChI is InChI=1S/C20H28N6O2/c1-14-21-19-22-16(10-17(27)26(19)23-14)12-24-9-7-20(13-24)6-3-8-25(18(20)28)11-15-4-2-5-15/h10,15H,2-9,11-13H2,1H3,(H,21,22,23)/t20-/m1/s1. The van der Waals surface area contributed by atoms with Gasteiger partial charge in [0.2, 0.25) is 5.91 Å². The average Bonchev–Trinajstić information content (AvgIpc) is 3.19. The third-order valence-electron chi connectivity index (χ3n) is 6.84. The van der Waals surface area contributed by atoms with E-state index in [0.717, 1.165) is 57.1 Å². The first-order valence-corrected chi connectivity index (χ1v) is 10.5. The van der Waals surface area contributed by atoms with Crippen LogP contribution >= 0.6 is 0 Å². The topological polar surface area (TPSA) is 86.6 Å². The van der Waals surface area contributed by atoms with Gasteiger partial charge in [0, 0.05) is 32.2 Å². The predicted molar refractivity (Wildman–Crippen MR) is 104 cm³/mol. The number of fused-ring (bicyclic) bond motifs is 1. The van der Waals surface area contributed by atoms with Crippen molar-refractivity contribution < 1.29 is 4.79 Å². The van der Waals surface area contributed by atoms with Gasteiger partial charge in [-0.2, -0.15) is 9.50 Å². The summed E-state index contributed by atoms with van der Waals surface area (Å²) < 4.78 is 1.37. The van der Waals surface area contributed by atoms with Gasteiger partial charge in [-0.15, -0.1) is 0 Å². The van der Waals surface area contributed by atoms with E-state index in [-0.39, 0.29) is 11.0 Å². The first-order valence-electron chi connectivity index (χ1n) is 10.5. The van der Waals surface area contributed by atoms with Crippen molar-refractivity contribution in [2.75, 3.05) is 26.2 Å². The van der Waals surface area contributed by atoms with Crippen LogP contribution in [0.5, 0.6) is 0 Å². The van der Waals surface area contributed by atoms with Crippen LogP contribution in [-0.4, -0.2) is 61.5 Å². The summed E-state index contributed by atoms with van der Waals surface area (Å²) in [5.74, 6) is 2.16. The molecule has 5 rings (SSSR count). The smallest absolute Gasteiger partial charge is 0.274 e. The zero-order valence-electron chi connectivity index (χ0n) is 16.5. The number of rotatable bonds is 4. The molecule has 1 saturated carbocycles. The summed E-state index contributed by atoms with van der Waals surface area (Å²) in [6.07, 6.45) is 6.87. The Morgan fingerprint density at radius 2 is 2.04 bits per heavy atom. The molecule has 1 amide bonds. The van der Waals surface area contributed by atoms with Crippen molar-refractivity contribution in [1.29, 1.82) is 0 Å². The number of aromatic nitrogens is 4. The molecule has 1 N–H and O–H groups in total. The number of hydrogen-bond acceptors (Lipinski definition) is 5. The van der Waals surface area contributed by atoms with Gasteiger partial charge in [-0.1, -0.05) is 6.42 Å². The lowest BCUT2D eigenvalue weighted by Gasteiger charge is -2.42. The second-order valence-electron chi connectivity index (χ2n) is 8.92. The number of likely N-dealkylation sites (tertiary alicyclic amines) is 2. The van der Waals surface area contributed by atoms with E-state index in [2.05, 4.69) is 24.9 Å². The minimum absolute atomic E-state index is 0.144. The minimum atomic E-state index is -0.232. The summed E-state index contributed by atoms with van der Waals surface area (Å²) in [7, 11) is 0. The quantitative estimate of drug-likeness (QED) is 0.860. The van der Waals surface area contributed by atoms with Crippen molar-refractivity contribution in [2.45, 2.75) is 52.0 Å². The molecule has 0 unspecified atom stereocenters. The lowest BCUT2D eigenvalue weighted by molar-refractivity contribution is -0.146. The summed E-state index contributed by atoms with van der Waals surface area (Å²) in [5.41, 5.74) is 0.349. The molecular weight excluding hydrogens is 356 g/mol. The second kappa shape index (κ2) is 6.69. The van der Waals surface area contributed by atoms with Gasteiger partial charge in [-0.05, 0) is 51.5 Å². The zero-order valence-corrected chi connectivity index (χ0v) is 16.5. The van der Waals surface area contributed by atoms with E-state index in [1.165, 1.54) is 23.8 Å². The molecule has 8 heteroatoms. The highest BCUT2D eigenvalue weighted by Crippen LogP contribution is 2.41. The molecule has 0 aromatic carbocycles. The summed E-state index contributed by atoms with van der Waals surface area (Å²) in [6.45, 7) is 5.92. The third-order valence-corrected chi connectivity index (χ3v) is 6.84. The highest BCUT2D eigenvalue weighted by atomic mass is 16.2. The van der Waals surface area contributed by atoms with Crippen LogP contribution in [0, 0.1) is 18.3 Å². The van der Waals surface area contributed by atoms with Gasteiger partial charge in [0.1, 0.15) is 5.82 Å². The minimum Gasteiger partial charge on any atom is -0.342 e. The Bertz CT molecular complexity index is 961. The van der Waals surface area contributed by atoms with Crippen LogP contribution in [0.4, 0.5) is 0 Å². The second-order valence-corrected chi connectivity index (χ2v) is 8.92. The zero-order chi connectivity index (χ0) is 19.3. The molecule has 3 fully saturated rings. The highest BCUT2D eigenvalue weighted by molar-refractivity contribution is 5.84. The number of H-pyrrole nitrogens is 1. The van der Waals surface area contributed by atoms with Gasteiger partial charge in [0.15, 0.2) is 0 Å². The van der Waals surface area contributed by atoms with Crippen LogP contribution in [0.1, 0.15) is 50.0 Å². The third kappa shape index (κ3) is 3.03. The number of aromatic amines is 1. The number of nitrogens with one attached hydrogen (secondary N) is 1. The fraction of sp³-hybridized carbons (Fsp3) is 0.700. The van der Waals surface area contributed by atoms with Gasteiger partial charge < -0.3 is 4.90 Å². The van der Waals surface area contributed by atoms with E-state index < -0.39 is 0 Å². The Morgan fingerprint density at radius 1 is 1.18 bits per heavy atom. The van der Waals surface area contributed by atoms with Crippen LogP contribution in [0.3, 0.4) is 0 Å². The molecule has 28 heavy (non-hydrogen) atoms. The molecule has 0 radical (unpaired) electrons. The van der Waals surface area contributed by atoms with E-state index in [4.69, 9.17) is 0 Å². The van der Waals surface area contributed by atoms with E-state index in [1.54, 1.807) is 6.07 Å². The molecule has 1 atom stereocenters. The van der Waals surface area contributed by atoms with Gasteiger partial charge in [0.05, 0.1) is 11.1 Å². The fourth-order valence-corrected chi connectivity index (χ4v) is 5.13. The predicted octanol–water partition coefficient (Wildman–Crippen LogP) is 1.34. The van der Waals surface area contributed by atoms with E-state index in [9.17, 15) is 9.59 Å². The Morgan fingerprint density at radius 3 is 2.82 bits per heavy atom. The maximum Gasteiger partial charge on any atom is 0.274 e. The number of hydrogen-bond donors (Lipinski definition) is 1. The molecule has 2 aliphatic heterocycles. The molecule has 3 aliphatic rings. The monoisotopic (exact) mass is 384 g/mol. The van der Waals surface area contributed by atoms with E-state index in [1.807, 2.05) is 6.92 Å². The number of aryl methyl sites for hydroxylation is 1. The fourth-order valence-electron chi connectivity index (χ4n) is 5.13. The van der Waals surface area contributed by atoms with Crippen molar-refractivity contribution in [2.24, 2.45) is 11.3 Å². The number of carbonyl (C=O) groups excluding carboxylic acids is 1. The summed E-state index contributed by atoms with van der Waals surface area (Å²) in [5, 5.41) is 2.90. The first kappa shape index (κ1) is 17.8. The molecule has 1 aliphatic carbocycles.